The van der Waals surface area contributed by atoms with Crippen molar-refractivity contribution in [2.45, 2.75) is 26.7 Å². The van der Waals surface area contributed by atoms with E-state index in [1.165, 1.54) is 5.56 Å². The van der Waals surface area contributed by atoms with Gasteiger partial charge in [-0.25, -0.2) is 0 Å². The van der Waals surface area contributed by atoms with Gasteiger partial charge >= 0.3 is 0 Å². The molecule has 2 heteroatoms. The number of ether oxygens (including phenoxy) is 1. The van der Waals surface area contributed by atoms with E-state index in [0.717, 1.165) is 16.9 Å². The van der Waals surface area contributed by atoms with Crippen molar-refractivity contribution in [3.8, 4) is 5.75 Å². The predicted octanol–water partition coefficient (Wildman–Crippen LogP) is 4.38. The number of benzene rings is 2. The van der Waals surface area contributed by atoms with Crippen LogP contribution in [0.2, 0.25) is 0 Å². The molecule has 0 aliphatic rings. The summed E-state index contributed by atoms with van der Waals surface area (Å²) in [5.41, 5.74) is 2.93. The third-order valence-electron chi connectivity index (χ3n) is 3.34. The van der Waals surface area contributed by atoms with Gasteiger partial charge in [0.1, 0.15) is 5.75 Å². The third-order valence-corrected chi connectivity index (χ3v) is 3.34. The summed E-state index contributed by atoms with van der Waals surface area (Å²) in [7, 11) is 0. The minimum atomic E-state index is 0.0121. The van der Waals surface area contributed by atoms with Crippen molar-refractivity contribution in [2.24, 2.45) is 0 Å². The maximum atomic E-state index is 12.1. The Bertz CT molecular complexity index is 600. The van der Waals surface area contributed by atoms with E-state index in [4.69, 9.17) is 4.74 Å². The average molecular weight is 268 g/mol. The molecule has 0 N–H and O–H groups in total. The largest absolute Gasteiger partial charge is 0.485 e. The van der Waals surface area contributed by atoms with Crippen LogP contribution in [0.4, 0.5) is 0 Å². The van der Waals surface area contributed by atoms with Crippen LogP contribution in [0.25, 0.3) is 0 Å². The molecule has 0 saturated carbocycles. The molecule has 2 aromatic rings. The summed E-state index contributed by atoms with van der Waals surface area (Å²) in [6, 6.07) is 15.5. The second-order valence-electron chi connectivity index (χ2n) is 5.25. The Morgan fingerprint density at radius 3 is 2.55 bits per heavy atom. The first-order chi connectivity index (χ1) is 9.58. The van der Waals surface area contributed by atoms with E-state index in [0.29, 0.717) is 5.92 Å². The molecule has 2 aromatic carbocycles. The highest BCUT2D eigenvalue weighted by Gasteiger charge is 2.09. The van der Waals surface area contributed by atoms with Gasteiger partial charge < -0.3 is 4.74 Å². The first-order valence-electron chi connectivity index (χ1n) is 6.89. The van der Waals surface area contributed by atoms with Gasteiger partial charge in [0.2, 0.25) is 0 Å². The highest BCUT2D eigenvalue weighted by molar-refractivity contribution is 5.98. The Balaban J connectivity index is 2.04. The van der Waals surface area contributed by atoms with Crippen LogP contribution in [-0.2, 0) is 0 Å². The maximum absolute atomic E-state index is 12.1. The topological polar surface area (TPSA) is 26.3 Å². The summed E-state index contributed by atoms with van der Waals surface area (Å²) in [4.78, 5) is 12.1. The SMILES string of the molecule is Cc1ccccc1C(=O)COc1cccc(C(C)C)c1. The zero-order chi connectivity index (χ0) is 14.5. The summed E-state index contributed by atoms with van der Waals surface area (Å²) in [6.45, 7) is 6.29. The van der Waals surface area contributed by atoms with E-state index < -0.39 is 0 Å². The first kappa shape index (κ1) is 14.3. The van der Waals surface area contributed by atoms with E-state index in [1.54, 1.807) is 0 Å². The van der Waals surface area contributed by atoms with Gasteiger partial charge in [0.15, 0.2) is 12.4 Å². The highest BCUT2D eigenvalue weighted by atomic mass is 16.5. The Morgan fingerprint density at radius 2 is 1.85 bits per heavy atom. The molecule has 0 saturated heterocycles. The van der Waals surface area contributed by atoms with Gasteiger partial charge in [-0.15, -0.1) is 0 Å². The second-order valence-corrected chi connectivity index (χ2v) is 5.25. The third kappa shape index (κ3) is 3.47. The number of rotatable bonds is 5. The molecule has 0 aliphatic heterocycles. The van der Waals surface area contributed by atoms with Crippen LogP contribution in [0.15, 0.2) is 48.5 Å². The quantitative estimate of drug-likeness (QED) is 0.752. The van der Waals surface area contributed by atoms with Crippen molar-refractivity contribution >= 4 is 5.78 Å². The second kappa shape index (κ2) is 6.38. The number of ketones is 1. The van der Waals surface area contributed by atoms with Gasteiger partial charge in [-0.1, -0.05) is 50.2 Å². The van der Waals surface area contributed by atoms with E-state index in [1.807, 2.05) is 49.4 Å². The highest BCUT2D eigenvalue weighted by Crippen LogP contribution is 2.20. The Labute approximate surface area is 120 Å². The zero-order valence-corrected chi connectivity index (χ0v) is 12.2. The lowest BCUT2D eigenvalue weighted by Crippen LogP contribution is -2.12. The fourth-order valence-corrected chi connectivity index (χ4v) is 2.08. The zero-order valence-electron chi connectivity index (χ0n) is 12.2. The molecular formula is C18H20O2. The number of hydrogen-bond donors (Lipinski definition) is 0. The molecule has 104 valence electrons. The standard InChI is InChI=1S/C18H20O2/c1-13(2)15-8-6-9-16(11-15)20-12-18(19)17-10-5-4-7-14(17)3/h4-11,13H,12H2,1-3H3. The number of carbonyl (C=O) groups excluding carboxylic acids is 1. The molecule has 2 rings (SSSR count). The molecule has 0 heterocycles. The van der Waals surface area contributed by atoms with Crippen LogP contribution in [0.5, 0.6) is 5.75 Å². The normalized spacial score (nSPS) is 10.6. The lowest BCUT2D eigenvalue weighted by Gasteiger charge is -2.10. The molecular weight excluding hydrogens is 248 g/mol. The van der Waals surface area contributed by atoms with Crippen LogP contribution in [0, 0.1) is 6.92 Å². The summed E-state index contributed by atoms with van der Waals surface area (Å²) < 4.78 is 5.62. The molecule has 0 amide bonds. The molecule has 0 radical (unpaired) electrons. The van der Waals surface area contributed by atoms with E-state index in [9.17, 15) is 4.79 Å². The van der Waals surface area contributed by atoms with Crippen LogP contribution in [-0.4, -0.2) is 12.4 Å². The Hall–Kier alpha value is -2.09. The van der Waals surface area contributed by atoms with Crippen LogP contribution in [0.1, 0.15) is 41.3 Å². The van der Waals surface area contributed by atoms with Crippen molar-refractivity contribution in [2.75, 3.05) is 6.61 Å². The fourth-order valence-electron chi connectivity index (χ4n) is 2.08. The Morgan fingerprint density at radius 1 is 1.10 bits per heavy atom. The van der Waals surface area contributed by atoms with Gasteiger partial charge in [0, 0.05) is 5.56 Å². The van der Waals surface area contributed by atoms with Crippen LogP contribution < -0.4 is 4.74 Å². The molecule has 0 spiro atoms. The predicted molar refractivity (Wildman–Crippen MR) is 81.5 cm³/mol. The average Bonchev–Trinajstić information content (AvgIpc) is 2.45. The van der Waals surface area contributed by atoms with Crippen molar-refractivity contribution in [1.82, 2.24) is 0 Å². The molecule has 0 unspecified atom stereocenters. The number of hydrogen-bond acceptors (Lipinski definition) is 2. The minimum absolute atomic E-state index is 0.0121. The monoisotopic (exact) mass is 268 g/mol. The molecule has 2 nitrogen and oxygen atoms in total. The van der Waals surface area contributed by atoms with Crippen molar-refractivity contribution in [3.63, 3.8) is 0 Å². The van der Waals surface area contributed by atoms with E-state index >= 15 is 0 Å². The van der Waals surface area contributed by atoms with Gasteiger partial charge in [0.05, 0.1) is 0 Å². The van der Waals surface area contributed by atoms with Crippen molar-refractivity contribution in [1.29, 1.82) is 0 Å². The molecule has 0 aliphatic carbocycles. The van der Waals surface area contributed by atoms with Crippen molar-refractivity contribution in [3.05, 3.63) is 65.2 Å². The molecule has 0 bridgehead atoms. The number of Topliss-reactive ketones (excluding diaryl/α,β-unsaturated/α-hetero) is 1. The van der Waals surface area contributed by atoms with E-state index in [2.05, 4.69) is 19.9 Å². The summed E-state index contributed by atoms with van der Waals surface area (Å²) in [5.74, 6) is 1.21. The minimum Gasteiger partial charge on any atom is -0.485 e. The first-order valence-corrected chi connectivity index (χ1v) is 6.89. The van der Waals surface area contributed by atoms with Crippen LogP contribution in [0.3, 0.4) is 0 Å². The maximum Gasteiger partial charge on any atom is 0.200 e. The molecule has 20 heavy (non-hydrogen) atoms. The van der Waals surface area contributed by atoms with Gasteiger partial charge in [0.25, 0.3) is 0 Å². The Kier molecular flexibility index (Phi) is 4.57. The van der Waals surface area contributed by atoms with Crippen molar-refractivity contribution < 1.29 is 9.53 Å². The fraction of sp³-hybridized carbons (Fsp3) is 0.278. The number of carbonyl (C=O) groups is 1. The molecule has 0 atom stereocenters. The summed E-state index contributed by atoms with van der Waals surface area (Å²) in [6.07, 6.45) is 0. The summed E-state index contributed by atoms with van der Waals surface area (Å²) >= 11 is 0. The van der Waals surface area contributed by atoms with Crippen LogP contribution >= 0.6 is 0 Å². The smallest absolute Gasteiger partial charge is 0.200 e. The molecule has 0 aromatic heterocycles. The van der Waals surface area contributed by atoms with Gasteiger partial charge in [-0.3, -0.25) is 4.79 Å². The number of aryl methyl sites for hydroxylation is 1. The van der Waals surface area contributed by atoms with Gasteiger partial charge in [-0.05, 0) is 36.1 Å². The summed E-state index contributed by atoms with van der Waals surface area (Å²) in [5, 5.41) is 0. The lowest BCUT2D eigenvalue weighted by molar-refractivity contribution is 0.0921. The van der Waals surface area contributed by atoms with E-state index in [-0.39, 0.29) is 12.4 Å². The van der Waals surface area contributed by atoms with Gasteiger partial charge in [-0.2, -0.15) is 0 Å². The lowest BCUT2D eigenvalue weighted by atomic mass is 10.0. The molecule has 0 fully saturated rings.